The molecule has 0 aromatic carbocycles. The maximum atomic E-state index is 12.1. The summed E-state index contributed by atoms with van der Waals surface area (Å²) in [7, 11) is 0. The van der Waals surface area contributed by atoms with Crippen LogP contribution < -0.4 is 10.9 Å². The zero-order valence-electron chi connectivity index (χ0n) is 14.9. The molecule has 0 bridgehead atoms. The number of anilines is 1. The summed E-state index contributed by atoms with van der Waals surface area (Å²) < 4.78 is 6.80. The van der Waals surface area contributed by atoms with Crippen molar-refractivity contribution in [2.24, 2.45) is 0 Å². The lowest BCUT2D eigenvalue weighted by molar-refractivity contribution is -0.116. The average molecular weight is 355 g/mol. The zero-order chi connectivity index (χ0) is 18.7. The maximum absolute atomic E-state index is 12.1. The number of H-pyrrole nitrogens is 1. The first-order chi connectivity index (χ1) is 12.5. The van der Waals surface area contributed by atoms with E-state index in [-0.39, 0.29) is 23.3 Å². The number of aromatic nitrogens is 4. The quantitative estimate of drug-likeness (QED) is 0.707. The average Bonchev–Trinajstić information content (AvgIpc) is 3.23. The topological polar surface area (TPSA) is 106 Å². The lowest BCUT2D eigenvalue weighted by Crippen LogP contribution is -2.19. The molecule has 3 rings (SSSR count). The molecule has 8 heteroatoms. The summed E-state index contributed by atoms with van der Waals surface area (Å²) in [5, 5.41) is 7.27. The number of nitrogens with zero attached hydrogens (tertiary/aromatic N) is 3. The number of furan rings is 1. The van der Waals surface area contributed by atoms with E-state index >= 15 is 0 Å². The molecule has 3 heterocycles. The minimum Gasteiger partial charge on any atom is -0.463 e. The Labute approximate surface area is 150 Å². The molecule has 0 saturated carbocycles. The van der Waals surface area contributed by atoms with Crippen molar-refractivity contribution in [3.05, 3.63) is 46.6 Å². The van der Waals surface area contributed by atoms with Crippen LogP contribution in [0.4, 0.5) is 5.82 Å². The van der Waals surface area contributed by atoms with Crippen LogP contribution in [0.2, 0.25) is 0 Å². The smallest absolute Gasteiger partial charge is 0.252 e. The summed E-state index contributed by atoms with van der Waals surface area (Å²) in [6.45, 7) is 5.83. The number of hydrogen-bond acceptors (Lipinski definition) is 5. The van der Waals surface area contributed by atoms with Crippen LogP contribution in [0.5, 0.6) is 0 Å². The molecule has 0 aliphatic carbocycles. The summed E-state index contributed by atoms with van der Waals surface area (Å²) in [4.78, 5) is 31.2. The van der Waals surface area contributed by atoms with Crippen molar-refractivity contribution in [1.82, 2.24) is 19.7 Å². The number of carbonyl (C=O) groups excluding carboxylic acids is 1. The number of amides is 1. The number of carbonyl (C=O) groups is 1. The van der Waals surface area contributed by atoms with Crippen molar-refractivity contribution < 1.29 is 9.21 Å². The molecule has 26 heavy (non-hydrogen) atoms. The Morgan fingerprint density at radius 3 is 2.85 bits per heavy atom. The minimum atomic E-state index is -0.278. The van der Waals surface area contributed by atoms with Crippen LogP contribution in [0, 0.1) is 0 Å². The fourth-order valence-corrected chi connectivity index (χ4v) is 2.47. The molecule has 3 aromatic heterocycles. The van der Waals surface area contributed by atoms with Gasteiger partial charge in [0, 0.05) is 18.6 Å². The van der Waals surface area contributed by atoms with E-state index in [0.29, 0.717) is 29.4 Å². The highest BCUT2D eigenvalue weighted by Gasteiger charge is 2.17. The molecular weight excluding hydrogens is 334 g/mol. The van der Waals surface area contributed by atoms with Gasteiger partial charge in [-0.05, 0) is 24.5 Å². The monoisotopic (exact) mass is 355 g/mol. The first-order valence-electron chi connectivity index (χ1n) is 8.53. The number of nitrogens with one attached hydrogen (secondary N) is 2. The highest BCUT2D eigenvalue weighted by molar-refractivity contribution is 5.90. The van der Waals surface area contributed by atoms with Crippen LogP contribution in [0.3, 0.4) is 0 Å². The highest BCUT2D eigenvalue weighted by Crippen LogP contribution is 2.24. The van der Waals surface area contributed by atoms with Crippen molar-refractivity contribution in [3.63, 3.8) is 0 Å². The summed E-state index contributed by atoms with van der Waals surface area (Å²) >= 11 is 0. The van der Waals surface area contributed by atoms with Crippen molar-refractivity contribution in [3.8, 4) is 17.4 Å². The van der Waals surface area contributed by atoms with E-state index in [1.54, 1.807) is 24.5 Å². The van der Waals surface area contributed by atoms with Gasteiger partial charge in [-0.1, -0.05) is 20.8 Å². The van der Waals surface area contributed by atoms with Gasteiger partial charge < -0.3 is 9.73 Å². The second kappa shape index (κ2) is 7.38. The molecule has 2 N–H and O–H groups in total. The molecule has 0 saturated heterocycles. The first kappa shape index (κ1) is 17.7. The Morgan fingerprint density at radius 2 is 2.19 bits per heavy atom. The molecule has 0 fully saturated rings. The van der Waals surface area contributed by atoms with E-state index in [4.69, 9.17) is 4.42 Å². The number of rotatable bonds is 6. The molecule has 0 aliphatic rings. The molecule has 8 nitrogen and oxygen atoms in total. The Balaban J connectivity index is 2.10. The molecular formula is C18H21N5O3. The van der Waals surface area contributed by atoms with Gasteiger partial charge in [-0.25, -0.2) is 4.98 Å². The molecule has 0 unspecified atom stereocenters. The van der Waals surface area contributed by atoms with Gasteiger partial charge in [0.15, 0.2) is 5.76 Å². The predicted octanol–water partition coefficient (Wildman–Crippen LogP) is 3.08. The van der Waals surface area contributed by atoms with Gasteiger partial charge in [-0.15, -0.1) is 0 Å². The zero-order valence-corrected chi connectivity index (χ0v) is 14.9. The maximum Gasteiger partial charge on any atom is 0.252 e. The van der Waals surface area contributed by atoms with Gasteiger partial charge >= 0.3 is 0 Å². The van der Waals surface area contributed by atoms with Crippen LogP contribution in [0.25, 0.3) is 17.4 Å². The largest absolute Gasteiger partial charge is 0.463 e. The molecule has 0 atom stereocenters. The Kier molecular flexibility index (Phi) is 5.01. The van der Waals surface area contributed by atoms with Crippen molar-refractivity contribution >= 4 is 11.7 Å². The number of hydrogen-bond donors (Lipinski definition) is 2. The van der Waals surface area contributed by atoms with Gasteiger partial charge in [-0.2, -0.15) is 9.78 Å². The molecule has 0 radical (unpaired) electrons. The predicted molar refractivity (Wildman–Crippen MR) is 97.3 cm³/mol. The van der Waals surface area contributed by atoms with E-state index in [1.807, 2.05) is 20.8 Å². The third-order valence-corrected chi connectivity index (χ3v) is 3.77. The van der Waals surface area contributed by atoms with E-state index in [1.165, 1.54) is 10.7 Å². The fourth-order valence-electron chi connectivity index (χ4n) is 2.47. The van der Waals surface area contributed by atoms with E-state index in [9.17, 15) is 9.59 Å². The second-order valence-electron chi connectivity index (χ2n) is 6.25. The Bertz CT molecular complexity index is 954. The molecule has 1 amide bonds. The summed E-state index contributed by atoms with van der Waals surface area (Å²) in [6, 6.07) is 6.67. The lowest BCUT2D eigenvalue weighted by Gasteiger charge is -2.10. The summed E-state index contributed by atoms with van der Waals surface area (Å²) in [6.07, 6.45) is 2.66. The van der Waals surface area contributed by atoms with E-state index in [0.717, 1.165) is 6.42 Å². The van der Waals surface area contributed by atoms with Crippen LogP contribution >= 0.6 is 0 Å². The SMILES string of the molecule is CCCC(=O)Nc1cc(-c2ccco2)nn1-c1nc(C(C)C)cc(=O)[nH]1. The molecule has 0 spiro atoms. The van der Waals surface area contributed by atoms with E-state index < -0.39 is 0 Å². The van der Waals surface area contributed by atoms with E-state index in [2.05, 4.69) is 20.4 Å². The standard InChI is InChI=1S/C18H21N5O3/c1-4-6-16(24)20-15-9-13(14-7-5-8-26-14)22-23(15)18-19-12(11(2)3)10-17(25)21-18/h5,7-11H,4,6H2,1-3H3,(H,20,24)(H,19,21,25). The highest BCUT2D eigenvalue weighted by atomic mass is 16.3. The van der Waals surface area contributed by atoms with Gasteiger partial charge in [0.05, 0.1) is 12.0 Å². The van der Waals surface area contributed by atoms with Crippen LogP contribution in [0.15, 0.2) is 39.7 Å². The third kappa shape index (κ3) is 3.74. The van der Waals surface area contributed by atoms with Crippen LogP contribution in [-0.2, 0) is 4.79 Å². The minimum absolute atomic E-state index is 0.0780. The van der Waals surface area contributed by atoms with Crippen LogP contribution in [-0.4, -0.2) is 25.7 Å². The third-order valence-electron chi connectivity index (χ3n) is 3.77. The molecule has 3 aromatic rings. The van der Waals surface area contributed by atoms with Crippen molar-refractivity contribution in [2.75, 3.05) is 5.32 Å². The normalized spacial score (nSPS) is 11.1. The van der Waals surface area contributed by atoms with Crippen LogP contribution in [0.1, 0.15) is 45.2 Å². The van der Waals surface area contributed by atoms with Crippen molar-refractivity contribution in [1.29, 1.82) is 0 Å². The molecule has 0 aliphatic heterocycles. The number of aromatic amines is 1. The molecule has 136 valence electrons. The Hall–Kier alpha value is -3.16. The summed E-state index contributed by atoms with van der Waals surface area (Å²) in [5.74, 6) is 1.15. The van der Waals surface area contributed by atoms with Gasteiger partial charge in [0.2, 0.25) is 11.9 Å². The Morgan fingerprint density at radius 1 is 1.38 bits per heavy atom. The van der Waals surface area contributed by atoms with Gasteiger partial charge in [0.1, 0.15) is 11.5 Å². The van der Waals surface area contributed by atoms with Crippen molar-refractivity contribution in [2.45, 2.75) is 39.5 Å². The fraction of sp³-hybridized carbons (Fsp3) is 0.333. The second-order valence-corrected chi connectivity index (χ2v) is 6.25. The van der Waals surface area contributed by atoms with Gasteiger partial charge in [-0.3, -0.25) is 14.6 Å². The lowest BCUT2D eigenvalue weighted by atomic mass is 10.1. The van der Waals surface area contributed by atoms with Gasteiger partial charge in [0.25, 0.3) is 5.56 Å². The first-order valence-corrected chi connectivity index (χ1v) is 8.53. The summed E-state index contributed by atoms with van der Waals surface area (Å²) in [5.41, 5.74) is 0.892.